The third kappa shape index (κ3) is 3.10. The Morgan fingerprint density at radius 2 is 2.11 bits per heavy atom. The highest BCUT2D eigenvalue weighted by molar-refractivity contribution is 6.35. The molecule has 3 nitrogen and oxygen atoms in total. The zero-order chi connectivity index (χ0) is 13.8. The first-order chi connectivity index (χ1) is 9.17. The molecule has 1 aromatic carbocycles. The zero-order valence-corrected chi connectivity index (χ0v) is 12.5. The van der Waals surface area contributed by atoms with E-state index in [0.717, 1.165) is 54.1 Å². The smallest absolute Gasteiger partial charge is 0.111 e. The Morgan fingerprint density at radius 3 is 2.79 bits per heavy atom. The molecule has 0 radical (unpaired) electrons. The summed E-state index contributed by atoms with van der Waals surface area (Å²) in [6.07, 6.45) is 4.02. The monoisotopic (exact) mass is 279 g/mol. The number of hydrogen-bond donors (Lipinski definition) is 1. The minimum Gasteiger partial charge on any atom is -0.327 e. The molecule has 0 saturated carbocycles. The van der Waals surface area contributed by atoms with Gasteiger partial charge in [0.1, 0.15) is 5.82 Å². The Hall–Kier alpha value is -1.06. The van der Waals surface area contributed by atoms with Crippen LogP contribution in [0.1, 0.15) is 38.9 Å². The number of aromatic nitrogens is 2. The number of nitrogens with zero attached hydrogens (tertiary/aromatic N) is 2. The summed E-state index contributed by atoms with van der Waals surface area (Å²) < 4.78 is 2.23. The van der Waals surface area contributed by atoms with Gasteiger partial charge in [-0.15, -0.1) is 0 Å². The van der Waals surface area contributed by atoms with Gasteiger partial charge in [-0.3, -0.25) is 0 Å². The Balaban J connectivity index is 2.42. The first-order valence-corrected chi connectivity index (χ1v) is 7.44. The molecule has 0 spiro atoms. The number of halogens is 1. The second-order valence-corrected chi connectivity index (χ2v) is 5.45. The first kappa shape index (κ1) is 14.4. The third-order valence-electron chi connectivity index (χ3n) is 3.35. The lowest BCUT2D eigenvalue weighted by atomic mass is 10.1. The minimum atomic E-state index is 0.177. The summed E-state index contributed by atoms with van der Waals surface area (Å²) in [6, 6.07) is 6.07. The molecule has 0 aliphatic carbocycles. The molecule has 4 heteroatoms. The highest BCUT2D eigenvalue weighted by Crippen LogP contribution is 2.25. The molecule has 0 bridgehead atoms. The van der Waals surface area contributed by atoms with Gasteiger partial charge in [0.15, 0.2) is 0 Å². The van der Waals surface area contributed by atoms with Crippen molar-refractivity contribution in [2.24, 2.45) is 5.73 Å². The molecule has 104 valence electrons. The lowest BCUT2D eigenvalue weighted by Crippen LogP contribution is -2.24. The fourth-order valence-corrected chi connectivity index (χ4v) is 2.79. The lowest BCUT2D eigenvalue weighted by Gasteiger charge is -2.12. The Morgan fingerprint density at radius 1 is 1.32 bits per heavy atom. The average molecular weight is 280 g/mol. The van der Waals surface area contributed by atoms with Gasteiger partial charge in [0.2, 0.25) is 0 Å². The number of rotatable bonds is 6. The summed E-state index contributed by atoms with van der Waals surface area (Å²) in [5.41, 5.74) is 8.17. The van der Waals surface area contributed by atoms with E-state index in [2.05, 4.69) is 18.4 Å². The molecule has 1 aromatic heterocycles. The van der Waals surface area contributed by atoms with Crippen LogP contribution in [0.5, 0.6) is 0 Å². The molecule has 1 atom stereocenters. The van der Waals surface area contributed by atoms with Crippen molar-refractivity contribution >= 4 is 22.6 Å². The van der Waals surface area contributed by atoms with Crippen molar-refractivity contribution in [1.82, 2.24) is 9.55 Å². The molecule has 0 fully saturated rings. The molecule has 2 N–H and O–H groups in total. The van der Waals surface area contributed by atoms with Gasteiger partial charge in [-0.1, -0.05) is 37.9 Å². The van der Waals surface area contributed by atoms with Gasteiger partial charge >= 0.3 is 0 Å². The van der Waals surface area contributed by atoms with Crippen LogP contribution in [0.25, 0.3) is 11.0 Å². The van der Waals surface area contributed by atoms with Crippen molar-refractivity contribution in [2.45, 2.75) is 52.1 Å². The van der Waals surface area contributed by atoms with Crippen LogP contribution in [0.15, 0.2) is 18.2 Å². The van der Waals surface area contributed by atoms with Gasteiger partial charge in [0, 0.05) is 19.0 Å². The molecule has 2 aromatic rings. The zero-order valence-electron chi connectivity index (χ0n) is 11.7. The Bertz CT molecular complexity index is 548. The van der Waals surface area contributed by atoms with Gasteiger partial charge in [-0.05, 0) is 25.0 Å². The number of nitrogens with two attached hydrogens (primary N) is 1. The summed E-state index contributed by atoms with van der Waals surface area (Å²) in [4.78, 5) is 4.71. The van der Waals surface area contributed by atoms with E-state index >= 15 is 0 Å². The predicted octanol–water partition coefficient (Wildman–Crippen LogP) is 3.77. The summed E-state index contributed by atoms with van der Waals surface area (Å²) in [5.74, 6) is 1.06. The fraction of sp³-hybridized carbons (Fsp3) is 0.533. The molecular formula is C15H22ClN3. The molecule has 0 aliphatic heterocycles. The van der Waals surface area contributed by atoms with E-state index in [1.165, 1.54) is 0 Å². The SMILES string of the molecule is CCCC(N)Cc1nc2cccc(Cl)c2n1CCC. The van der Waals surface area contributed by atoms with E-state index in [0.29, 0.717) is 0 Å². The first-order valence-electron chi connectivity index (χ1n) is 7.06. The van der Waals surface area contributed by atoms with Crippen molar-refractivity contribution in [3.05, 3.63) is 29.0 Å². The van der Waals surface area contributed by atoms with Gasteiger partial charge in [-0.25, -0.2) is 4.98 Å². The van der Waals surface area contributed by atoms with E-state index in [4.69, 9.17) is 22.3 Å². The van der Waals surface area contributed by atoms with Crippen molar-refractivity contribution in [1.29, 1.82) is 0 Å². The van der Waals surface area contributed by atoms with Crippen LogP contribution in [-0.2, 0) is 13.0 Å². The van der Waals surface area contributed by atoms with Crippen LogP contribution in [0.4, 0.5) is 0 Å². The van der Waals surface area contributed by atoms with Crippen LogP contribution in [0.3, 0.4) is 0 Å². The molecule has 19 heavy (non-hydrogen) atoms. The molecule has 0 saturated heterocycles. The van der Waals surface area contributed by atoms with E-state index < -0.39 is 0 Å². The number of aryl methyl sites for hydroxylation is 1. The minimum absolute atomic E-state index is 0.177. The van der Waals surface area contributed by atoms with Crippen molar-refractivity contribution < 1.29 is 0 Å². The number of hydrogen-bond acceptors (Lipinski definition) is 2. The van der Waals surface area contributed by atoms with Crippen LogP contribution in [0, 0.1) is 0 Å². The summed E-state index contributed by atoms with van der Waals surface area (Å²) in [5, 5.41) is 0.772. The Kier molecular flexibility index (Phi) is 4.83. The van der Waals surface area contributed by atoms with E-state index in [1.807, 2.05) is 18.2 Å². The van der Waals surface area contributed by atoms with Crippen LogP contribution >= 0.6 is 11.6 Å². The summed E-state index contributed by atoms with van der Waals surface area (Å²) in [6.45, 7) is 5.26. The van der Waals surface area contributed by atoms with E-state index in [1.54, 1.807) is 0 Å². The van der Waals surface area contributed by atoms with Gasteiger partial charge in [0.05, 0.1) is 16.1 Å². The fourth-order valence-electron chi connectivity index (χ4n) is 2.52. The van der Waals surface area contributed by atoms with Gasteiger partial charge in [-0.2, -0.15) is 0 Å². The predicted molar refractivity (Wildman–Crippen MR) is 81.6 cm³/mol. The summed E-state index contributed by atoms with van der Waals surface area (Å²) in [7, 11) is 0. The maximum Gasteiger partial charge on any atom is 0.111 e. The molecule has 0 aliphatic rings. The highest BCUT2D eigenvalue weighted by atomic mass is 35.5. The number of benzene rings is 1. The Labute approximate surface area is 119 Å². The van der Waals surface area contributed by atoms with Crippen molar-refractivity contribution in [3.8, 4) is 0 Å². The molecule has 2 rings (SSSR count). The van der Waals surface area contributed by atoms with Crippen LogP contribution in [-0.4, -0.2) is 15.6 Å². The largest absolute Gasteiger partial charge is 0.327 e. The normalized spacial score (nSPS) is 13.1. The highest BCUT2D eigenvalue weighted by Gasteiger charge is 2.15. The quantitative estimate of drug-likeness (QED) is 0.875. The maximum absolute atomic E-state index is 6.32. The van der Waals surface area contributed by atoms with Gasteiger partial charge < -0.3 is 10.3 Å². The second-order valence-electron chi connectivity index (χ2n) is 5.04. The number of para-hydroxylation sites is 1. The topological polar surface area (TPSA) is 43.8 Å². The average Bonchev–Trinajstić information content (AvgIpc) is 2.69. The van der Waals surface area contributed by atoms with E-state index in [9.17, 15) is 0 Å². The molecule has 0 amide bonds. The second kappa shape index (κ2) is 6.40. The van der Waals surface area contributed by atoms with Crippen LogP contribution < -0.4 is 5.73 Å². The lowest BCUT2D eigenvalue weighted by molar-refractivity contribution is 0.557. The van der Waals surface area contributed by atoms with Crippen molar-refractivity contribution in [3.63, 3.8) is 0 Å². The maximum atomic E-state index is 6.32. The molecule has 1 heterocycles. The van der Waals surface area contributed by atoms with Crippen LogP contribution in [0.2, 0.25) is 5.02 Å². The standard InChI is InChI=1S/C15H22ClN3/c1-3-6-11(17)10-14-18-13-8-5-7-12(16)15(13)19(14)9-4-2/h5,7-8,11H,3-4,6,9-10,17H2,1-2H3. The molecule has 1 unspecified atom stereocenters. The van der Waals surface area contributed by atoms with Gasteiger partial charge in [0.25, 0.3) is 0 Å². The van der Waals surface area contributed by atoms with E-state index in [-0.39, 0.29) is 6.04 Å². The number of fused-ring (bicyclic) bond motifs is 1. The molecular weight excluding hydrogens is 258 g/mol. The number of imidazole rings is 1. The summed E-state index contributed by atoms with van der Waals surface area (Å²) >= 11 is 6.32. The third-order valence-corrected chi connectivity index (χ3v) is 3.65. The van der Waals surface area contributed by atoms with Crippen molar-refractivity contribution in [2.75, 3.05) is 0 Å².